The third kappa shape index (κ3) is 5.56. The van der Waals surface area contributed by atoms with Crippen molar-refractivity contribution >= 4 is 62.9 Å². The van der Waals surface area contributed by atoms with Gasteiger partial charge in [-0.1, -0.05) is 15.9 Å². The number of rotatable bonds is 4. The van der Waals surface area contributed by atoms with Gasteiger partial charge in [-0.05, 0) is 44.5 Å². The second-order valence-electron chi connectivity index (χ2n) is 6.23. The number of anilines is 1. The minimum atomic E-state index is 0. The van der Waals surface area contributed by atoms with Gasteiger partial charge in [0.05, 0.1) is 12.2 Å². The van der Waals surface area contributed by atoms with Crippen molar-refractivity contribution in [2.45, 2.75) is 32.9 Å². The Morgan fingerprint density at radius 2 is 2.08 bits per heavy atom. The van der Waals surface area contributed by atoms with Crippen LogP contribution in [-0.2, 0) is 6.54 Å². The molecule has 1 aromatic heterocycles. The van der Waals surface area contributed by atoms with Crippen molar-refractivity contribution in [1.29, 1.82) is 0 Å². The van der Waals surface area contributed by atoms with Gasteiger partial charge in [0, 0.05) is 41.2 Å². The van der Waals surface area contributed by atoms with Crippen molar-refractivity contribution in [3.63, 3.8) is 0 Å². The molecule has 0 bridgehead atoms. The Labute approximate surface area is 184 Å². The number of hydrogen-bond acceptors (Lipinski definition) is 4. The van der Waals surface area contributed by atoms with Crippen molar-refractivity contribution < 1.29 is 0 Å². The van der Waals surface area contributed by atoms with Crippen LogP contribution in [0.2, 0.25) is 0 Å². The molecule has 2 N–H and O–H groups in total. The lowest BCUT2D eigenvalue weighted by Crippen LogP contribution is -2.44. The normalized spacial score (nSPS) is 17.2. The molecular formula is C18H25BrIN5S. The summed E-state index contributed by atoms with van der Waals surface area (Å²) in [6, 6.07) is 8.90. The molecule has 1 aromatic carbocycles. The Balaban J connectivity index is 0.00000243. The Kier molecular flexibility index (Phi) is 8.15. The van der Waals surface area contributed by atoms with E-state index in [1.54, 1.807) is 11.3 Å². The lowest BCUT2D eigenvalue weighted by Gasteiger charge is -2.20. The summed E-state index contributed by atoms with van der Waals surface area (Å²) in [5, 5.41) is 8.01. The number of nitrogens with one attached hydrogen (secondary N) is 2. The summed E-state index contributed by atoms with van der Waals surface area (Å²) >= 11 is 5.23. The monoisotopic (exact) mass is 549 g/mol. The summed E-state index contributed by atoms with van der Waals surface area (Å²) < 4.78 is 1.11. The number of nitrogens with zero attached hydrogens (tertiary/aromatic N) is 3. The Hall–Kier alpha value is -0.870. The van der Waals surface area contributed by atoms with E-state index in [1.165, 1.54) is 10.6 Å². The second kappa shape index (κ2) is 9.89. The highest BCUT2D eigenvalue weighted by atomic mass is 127. The molecule has 1 saturated heterocycles. The summed E-state index contributed by atoms with van der Waals surface area (Å²) in [6.45, 7) is 6.91. The van der Waals surface area contributed by atoms with E-state index >= 15 is 0 Å². The number of aromatic nitrogens is 1. The molecule has 0 spiro atoms. The quantitative estimate of drug-likeness (QED) is 0.343. The topological polar surface area (TPSA) is 52.6 Å². The van der Waals surface area contributed by atoms with E-state index in [4.69, 9.17) is 0 Å². The van der Waals surface area contributed by atoms with Crippen LogP contribution in [0.3, 0.4) is 0 Å². The molecule has 26 heavy (non-hydrogen) atoms. The molecular weight excluding hydrogens is 525 g/mol. The van der Waals surface area contributed by atoms with Gasteiger partial charge < -0.3 is 15.5 Å². The first-order valence-electron chi connectivity index (χ1n) is 8.45. The average molecular weight is 550 g/mol. The smallest absolute Gasteiger partial charge is 0.191 e. The average Bonchev–Trinajstić information content (AvgIpc) is 3.19. The molecule has 1 aliphatic heterocycles. The van der Waals surface area contributed by atoms with E-state index in [0.717, 1.165) is 40.6 Å². The van der Waals surface area contributed by atoms with E-state index in [2.05, 4.69) is 79.6 Å². The van der Waals surface area contributed by atoms with Crippen LogP contribution in [0.25, 0.3) is 0 Å². The molecule has 8 heteroatoms. The first-order valence-corrected chi connectivity index (χ1v) is 10.1. The van der Waals surface area contributed by atoms with Crippen molar-refractivity contribution in [3.05, 3.63) is 44.3 Å². The van der Waals surface area contributed by atoms with Gasteiger partial charge in [0.15, 0.2) is 5.96 Å². The molecule has 2 aromatic rings. The largest absolute Gasteiger partial charge is 0.369 e. The molecule has 3 rings (SSSR count). The Morgan fingerprint density at radius 1 is 1.35 bits per heavy atom. The van der Waals surface area contributed by atoms with Crippen molar-refractivity contribution in [1.82, 2.24) is 15.6 Å². The maximum atomic E-state index is 4.57. The van der Waals surface area contributed by atoms with Crippen LogP contribution >= 0.6 is 51.2 Å². The molecule has 0 saturated carbocycles. The molecule has 1 atom stereocenters. The Morgan fingerprint density at radius 3 is 2.69 bits per heavy atom. The minimum Gasteiger partial charge on any atom is -0.369 e. The maximum absolute atomic E-state index is 4.57. The Bertz CT molecular complexity index is 727. The third-order valence-corrected chi connectivity index (χ3v) is 6.03. The standard InChI is InChI=1S/C18H24BrN5S.HI/c1-12-13(2)25-17(22-12)10-21-18(20-3)23-15-8-9-24(11-15)16-6-4-14(19)5-7-16;/h4-7,15H,8-11H2,1-3H3,(H2,20,21,23);1H. The van der Waals surface area contributed by atoms with Crippen LogP contribution in [0.4, 0.5) is 5.69 Å². The first-order chi connectivity index (χ1) is 12.0. The molecule has 142 valence electrons. The SMILES string of the molecule is CN=C(NCc1nc(C)c(C)s1)NC1CCN(c2ccc(Br)cc2)C1.I. The predicted octanol–water partition coefficient (Wildman–Crippen LogP) is 4.08. The molecule has 1 unspecified atom stereocenters. The van der Waals surface area contributed by atoms with Gasteiger partial charge in [0.25, 0.3) is 0 Å². The van der Waals surface area contributed by atoms with Gasteiger partial charge >= 0.3 is 0 Å². The van der Waals surface area contributed by atoms with E-state index in [9.17, 15) is 0 Å². The summed E-state index contributed by atoms with van der Waals surface area (Å²) in [4.78, 5) is 12.6. The number of halogens is 2. The van der Waals surface area contributed by atoms with E-state index in [0.29, 0.717) is 12.6 Å². The molecule has 0 amide bonds. The number of thiazole rings is 1. The zero-order valence-corrected chi connectivity index (χ0v) is 20.0. The highest BCUT2D eigenvalue weighted by Gasteiger charge is 2.23. The molecule has 1 fully saturated rings. The summed E-state index contributed by atoms with van der Waals surface area (Å²) in [7, 11) is 1.81. The van der Waals surface area contributed by atoms with Gasteiger partial charge in [0.1, 0.15) is 5.01 Å². The summed E-state index contributed by atoms with van der Waals surface area (Å²) in [5.74, 6) is 0.841. The first kappa shape index (κ1) is 21.4. The van der Waals surface area contributed by atoms with Gasteiger partial charge in [-0.3, -0.25) is 4.99 Å². The fourth-order valence-corrected chi connectivity index (χ4v) is 4.06. The molecule has 0 aliphatic carbocycles. The van der Waals surface area contributed by atoms with Crippen LogP contribution in [0.5, 0.6) is 0 Å². The number of benzene rings is 1. The lowest BCUT2D eigenvalue weighted by molar-refractivity contribution is 0.648. The number of guanidine groups is 1. The number of hydrogen-bond donors (Lipinski definition) is 2. The number of aryl methyl sites for hydroxylation is 2. The fourth-order valence-electron chi connectivity index (χ4n) is 2.93. The maximum Gasteiger partial charge on any atom is 0.191 e. The number of aliphatic imine (C=N–C) groups is 1. The van der Waals surface area contributed by atoms with E-state index in [1.807, 2.05) is 7.05 Å². The molecule has 5 nitrogen and oxygen atoms in total. The summed E-state index contributed by atoms with van der Waals surface area (Å²) in [6.07, 6.45) is 1.10. The zero-order chi connectivity index (χ0) is 17.8. The highest BCUT2D eigenvalue weighted by Crippen LogP contribution is 2.22. The molecule has 0 radical (unpaired) electrons. The third-order valence-electron chi connectivity index (χ3n) is 4.42. The highest BCUT2D eigenvalue weighted by molar-refractivity contribution is 14.0. The van der Waals surface area contributed by atoms with Crippen molar-refractivity contribution in [2.75, 3.05) is 25.0 Å². The molecule has 2 heterocycles. The minimum absolute atomic E-state index is 0. The second-order valence-corrected chi connectivity index (χ2v) is 8.43. The van der Waals surface area contributed by atoms with Crippen LogP contribution in [0, 0.1) is 13.8 Å². The van der Waals surface area contributed by atoms with Gasteiger partial charge in [-0.25, -0.2) is 4.98 Å². The van der Waals surface area contributed by atoms with Crippen LogP contribution in [0.1, 0.15) is 22.0 Å². The van der Waals surface area contributed by atoms with Gasteiger partial charge in [0.2, 0.25) is 0 Å². The zero-order valence-electron chi connectivity index (χ0n) is 15.3. The fraction of sp³-hybridized carbons (Fsp3) is 0.444. The van der Waals surface area contributed by atoms with Gasteiger partial charge in [-0.15, -0.1) is 35.3 Å². The van der Waals surface area contributed by atoms with Crippen LogP contribution < -0.4 is 15.5 Å². The van der Waals surface area contributed by atoms with Gasteiger partial charge in [-0.2, -0.15) is 0 Å². The van der Waals surface area contributed by atoms with E-state index in [-0.39, 0.29) is 24.0 Å². The predicted molar refractivity (Wildman–Crippen MR) is 125 cm³/mol. The summed E-state index contributed by atoms with van der Waals surface area (Å²) in [5.41, 5.74) is 2.38. The molecule has 1 aliphatic rings. The van der Waals surface area contributed by atoms with E-state index < -0.39 is 0 Å². The van der Waals surface area contributed by atoms with Crippen LogP contribution in [0.15, 0.2) is 33.7 Å². The lowest BCUT2D eigenvalue weighted by atomic mass is 10.3. The van der Waals surface area contributed by atoms with Crippen molar-refractivity contribution in [2.24, 2.45) is 4.99 Å². The van der Waals surface area contributed by atoms with Crippen LogP contribution in [-0.4, -0.2) is 37.1 Å². The van der Waals surface area contributed by atoms with Crippen molar-refractivity contribution in [3.8, 4) is 0 Å².